The van der Waals surface area contributed by atoms with Crippen molar-refractivity contribution in [3.05, 3.63) is 29.8 Å². The minimum atomic E-state index is -0.0990. The van der Waals surface area contributed by atoms with Crippen molar-refractivity contribution in [3.63, 3.8) is 0 Å². The molecule has 1 fully saturated rings. The topological polar surface area (TPSA) is 61.9 Å². The highest BCUT2D eigenvalue weighted by Crippen LogP contribution is 2.18. The van der Waals surface area contributed by atoms with Crippen LogP contribution in [-0.2, 0) is 11.2 Å². The van der Waals surface area contributed by atoms with E-state index in [1.165, 1.54) is 5.56 Å². The van der Waals surface area contributed by atoms with Gasteiger partial charge in [-0.1, -0.05) is 12.1 Å². The van der Waals surface area contributed by atoms with Crippen molar-refractivity contribution in [2.45, 2.75) is 32.6 Å². The third-order valence-electron chi connectivity index (χ3n) is 4.62. The molecule has 1 aliphatic rings. The zero-order valence-corrected chi connectivity index (χ0v) is 16.2. The van der Waals surface area contributed by atoms with Gasteiger partial charge >= 0.3 is 6.03 Å². The fourth-order valence-electron chi connectivity index (χ4n) is 3.22. The summed E-state index contributed by atoms with van der Waals surface area (Å²) in [7, 11) is 3.49. The van der Waals surface area contributed by atoms with Crippen molar-refractivity contribution >= 4 is 11.9 Å². The maximum atomic E-state index is 12.4. The molecule has 26 heavy (non-hydrogen) atoms. The molecule has 1 atom stereocenters. The molecule has 1 N–H and O–H groups in total. The lowest BCUT2D eigenvalue weighted by molar-refractivity contribution is -0.126. The molecule has 6 heteroatoms. The Balaban J connectivity index is 1.70. The Bertz CT molecular complexity index is 586. The van der Waals surface area contributed by atoms with E-state index < -0.39 is 0 Å². The second-order valence-corrected chi connectivity index (χ2v) is 6.93. The summed E-state index contributed by atoms with van der Waals surface area (Å²) in [6.45, 7) is 4.55. The standard InChI is InChI=1S/C20H31N3O3/c1-4-26-18-11-9-16(10-12-18)7-5-13-21-19(24)17-8-6-14-23(15-17)20(25)22(2)3/h9-12,17H,4-8,13-15H2,1-3H3,(H,21,24)/t17-/m0/s1. The Kier molecular flexibility index (Phi) is 7.75. The Hall–Kier alpha value is -2.24. The van der Waals surface area contributed by atoms with Crippen molar-refractivity contribution in [2.24, 2.45) is 5.92 Å². The number of hydrogen-bond donors (Lipinski definition) is 1. The molecule has 1 aromatic rings. The van der Waals surface area contributed by atoms with Gasteiger partial charge in [0.2, 0.25) is 5.91 Å². The summed E-state index contributed by atoms with van der Waals surface area (Å²) in [6, 6.07) is 8.08. The molecule has 3 amide bonds. The normalized spacial score (nSPS) is 16.9. The Morgan fingerprint density at radius 1 is 1.27 bits per heavy atom. The van der Waals surface area contributed by atoms with Gasteiger partial charge in [0.05, 0.1) is 12.5 Å². The number of nitrogens with zero attached hydrogens (tertiary/aromatic N) is 2. The minimum Gasteiger partial charge on any atom is -0.494 e. The van der Waals surface area contributed by atoms with E-state index in [0.717, 1.165) is 38.0 Å². The maximum Gasteiger partial charge on any atom is 0.319 e. The zero-order chi connectivity index (χ0) is 18.9. The summed E-state index contributed by atoms with van der Waals surface area (Å²) in [5.74, 6) is 0.852. The Morgan fingerprint density at radius 2 is 2.00 bits per heavy atom. The van der Waals surface area contributed by atoms with Gasteiger partial charge in [-0.15, -0.1) is 0 Å². The number of urea groups is 1. The SMILES string of the molecule is CCOc1ccc(CCCNC(=O)[C@H]2CCCN(C(=O)N(C)C)C2)cc1. The second kappa shape index (κ2) is 10.0. The monoisotopic (exact) mass is 361 g/mol. The molecule has 1 saturated heterocycles. The van der Waals surface area contributed by atoms with Gasteiger partial charge < -0.3 is 19.9 Å². The van der Waals surface area contributed by atoms with Crippen LogP contribution in [0.5, 0.6) is 5.75 Å². The van der Waals surface area contributed by atoms with Gasteiger partial charge in [-0.2, -0.15) is 0 Å². The highest BCUT2D eigenvalue weighted by Gasteiger charge is 2.28. The van der Waals surface area contributed by atoms with E-state index in [4.69, 9.17) is 4.74 Å². The highest BCUT2D eigenvalue weighted by molar-refractivity contribution is 5.80. The maximum absolute atomic E-state index is 12.4. The van der Waals surface area contributed by atoms with Crippen LogP contribution in [0.3, 0.4) is 0 Å². The number of hydrogen-bond acceptors (Lipinski definition) is 3. The molecular weight excluding hydrogens is 330 g/mol. The molecule has 1 heterocycles. The third-order valence-corrected chi connectivity index (χ3v) is 4.62. The molecule has 0 radical (unpaired) electrons. The molecular formula is C20H31N3O3. The largest absolute Gasteiger partial charge is 0.494 e. The summed E-state index contributed by atoms with van der Waals surface area (Å²) in [5, 5.41) is 3.03. The van der Waals surface area contributed by atoms with Crippen molar-refractivity contribution in [1.29, 1.82) is 0 Å². The van der Waals surface area contributed by atoms with Crippen LogP contribution in [-0.4, -0.2) is 62.1 Å². The molecule has 1 aliphatic heterocycles. The first-order chi connectivity index (χ1) is 12.5. The number of ether oxygens (including phenoxy) is 1. The van der Waals surface area contributed by atoms with Crippen molar-refractivity contribution < 1.29 is 14.3 Å². The number of piperidine rings is 1. The minimum absolute atomic E-state index is 0.0157. The van der Waals surface area contributed by atoms with Gasteiger partial charge in [-0.05, 0) is 50.3 Å². The van der Waals surface area contributed by atoms with E-state index >= 15 is 0 Å². The first kappa shape index (κ1) is 20.1. The number of amides is 3. The average molecular weight is 361 g/mol. The van der Waals surface area contributed by atoms with E-state index in [-0.39, 0.29) is 17.9 Å². The Morgan fingerprint density at radius 3 is 2.65 bits per heavy atom. The van der Waals surface area contributed by atoms with Gasteiger partial charge in [0.15, 0.2) is 0 Å². The number of nitrogens with one attached hydrogen (secondary N) is 1. The summed E-state index contributed by atoms with van der Waals surface area (Å²) in [4.78, 5) is 27.8. The molecule has 0 aromatic heterocycles. The lowest BCUT2D eigenvalue weighted by Crippen LogP contribution is -2.48. The van der Waals surface area contributed by atoms with E-state index in [0.29, 0.717) is 19.7 Å². The predicted octanol–water partition coefficient (Wildman–Crippen LogP) is 2.53. The highest BCUT2D eigenvalue weighted by atomic mass is 16.5. The molecule has 0 unspecified atom stereocenters. The van der Waals surface area contributed by atoms with E-state index in [1.54, 1.807) is 23.9 Å². The molecule has 0 aliphatic carbocycles. The van der Waals surface area contributed by atoms with Crippen LogP contribution in [0.25, 0.3) is 0 Å². The molecule has 2 rings (SSSR count). The summed E-state index contributed by atoms with van der Waals surface area (Å²) in [5.41, 5.74) is 1.24. The quantitative estimate of drug-likeness (QED) is 0.759. The van der Waals surface area contributed by atoms with Crippen molar-refractivity contribution in [3.8, 4) is 5.75 Å². The summed E-state index contributed by atoms with van der Waals surface area (Å²) >= 11 is 0. The molecule has 0 saturated carbocycles. The lowest BCUT2D eigenvalue weighted by Gasteiger charge is -2.33. The zero-order valence-electron chi connectivity index (χ0n) is 16.2. The summed E-state index contributed by atoms with van der Waals surface area (Å²) in [6.07, 6.45) is 3.54. The van der Waals surface area contributed by atoms with Crippen LogP contribution in [0.4, 0.5) is 4.79 Å². The smallest absolute Gasteiger partial charge is 0.319 e. The van der Waals surface area contributed by atoms with Gasteiger partial charge in [-0.25, -0.2) is 4.79 Å². The molecule has 0 bridgehead atoms. The first-order valence-corrected chi connectivity index (χ1v) is 9.47. The van der Waals surface area contributed by atoms with Crippen molar-refractivity contribution in [2.75, 3.05) is 40.3 Å². The number of carbonyl (C=O) groups is 2. The van der Waals surface area contributed by atoms with Gasteiger partial charge in [0, 0.05) is 33.7 Å². The third kappa shape index (κ3) is 5.93. The first-order valence-electron chi connectivity index (χ1n) is 9.47. The van der Waals surface area contributed by atoms with Crippen LogP contribution in [0.2, 0.25) is 0 Å². The fraction of sp³-hybridized carbons (Fsp3) is 0.600. The number of carbonyl (C=O) groups excluding carboxylic acids is 2. The lowest BCUT2D eigenvalue weighted by atomic mass is 9.97. The summed E-state index contributed by atoms with van der Waals surface area (Å²) < 4.78 is 5.44. The molecule has 0 spiro atoms. The second-order valence-electron chi connectivity index (χ2n) is 6.93. The van der Waals surface area contributed by atoms with Crippen LogP contribution in [0, 0.1) is 5.92 Å². The van der Waals surface area contributed by atoms with Crippen LogP contribution in [0.1, 0.15) is 31.7 Å². The van der Waals surface area contributed by atoms with E-state index in [2.05, 4.69) is 17.4 Å². The predicted molar refractivity (Wildman–Crippen MR) is 102 cm³/mol. The number of aryl methyl sites for hydroxylation is 1. The van der Waals surface area contributed by atoms with E-state index in [1.807, 2.05) is 19.1 Å². The molecule has 144 valence electrons. The van der Waals surface area contributed by atoms with Gasteiger partial charge in [0.25, 0.3) is 0 Å². The number of rotatable bonds is 7. The van der Waals surface area contributed by atoms with Crippen molar-refractivity contribution in [1.82, 2.24) is 15.1 Å². The van der Waals surface area contributed by atoms with Gasteiger partial charge in [0.1, 0.15) is 5.75 Å². The average Bonchev–Trinajstić information content (AvgIpc) is 2.66. The molecule has 6 nitrogen and oxygen atoms in total. The number of benzene rings is 1. The van der Waals surface area contributed by atoms with Crippen LogP contribution in [0.15, 0.2) is 24.3 Å². The van der Waals surface area contributed by atoms with Gasteiger partial charge in [-0.3, -0.25) is 4.79 Å². The van der Waals surface area contributed by atoms with Crippen LogP contribution >= 0.6 is 0 Å². The van der Waals surface area contributed by atoms with E-state index in [9.17, 15) is 9.59 Å². The Labute approximate surface area is 156 Å². The number of likely N-dealkylation sites (tertiary alicyclic amines) is 1. The fourth-order valence-corrected chi connectivity index (χ4v) is 3.22. The van der Waals surface area contributed by atoms with Crippen LogP contribution < -0.4 is 10.1 Å². The molecule has 1 aromatic carbocycles.